The monoisotopic (exact) mass is 277 g/mol. The van der Waals surface area contributed by atoms with Gasteiger partial charge in [0.15, 0.2) is 0 Å². The molecule has 1 saturated carbocycles. The molecule has 0 aromatic carbocycles. The molecular formula is C17H31N3. The van der Waals surface area contributed by atoms with E-state index in [-0.39, 0.29) is 0 Å². The minimum Gasteiger partial charge on any atom is -0.308 e. The van der Waals surface area contributed by atoms with E-state index >= 15 is 0 Å². The first kappa shape index (κ1) is 15.6. The summed E-state index contributed by atoms with van der Waals surface area (Å²) in [5.41, 5.74) is 1.39. The molecule has 1 aliphatic carbocycles. The summed E-state index contributed by atoms with van der Waals surface area (Å²) < 4.78 is 2.17. The summed E-state index contributed by atoms with van der Waals surface area (Å²) in [4.78, 5) is 0. The van der Waals surface area contributed by atoms with E-state index in [0.717, 1.165) is 24.9 Å². The van der Waals surface area contributed by atoms with E-state index in [1.54, 1.807) is 0 Å². The Labute approximate surface area is 124 Å². The quantitative estimate of drug-likeness (QED) is 0.811. The molecule has 0 bridgehead atoms. The second-order valence-electron chi connectivity index (χ2n) is 6.20. The van der Waals surface area contributed by atoms with Gasteiger partial charge in [0.2, 0.25) is 0 Å². The third-order valence-corrected chi connectivity index (χ3v) is 4.85. The average molecular weight is 277 g/mol. The van der Waals surface area contributed by atoms with Crippen LogP contribution in [0, 0.1) is 11.8 Å². The molecular weight excluding hydrogens is 246 g/mol. The first-order valence-corrected chi connectivity index (χ1v) is 8.55. The molecule has 0 amide bonds. The Morgan fingerprint density at radius 1 is 1.35 bits per heavy atom. The van der Waals surface area contributed by atoms with Crippen molar-refractivity contribution >= 4 is 0 Å². The fourth-order valence-corrected chi connectivity index (χ4v) is 3.69. The van der Waals surface area contributed by atoms with Gasteiger partial charge in [-0.15, -0.1) is 0 Å². The van der Waals surface area contributed by atoms with E-state index in [0.29, 0.717) is 6.04 Å². The summed E-state index contributed by atoms with van der Waals surface area (Å²) in [7, 11) is 0. The Balaban J connectivity index is 2.14. The molecule has 0 spiro atoms. The zero-order chi connectivity index (χ0) is 14.4. The Morgan fingerprint density at radius 2 is 2.20 bits per heavy atom. The maximum atomic E-state index is 4.47. The summed E-state index contributed by atoms with van der Waals surface area (Å²) in [6, 6.07) is 2.71. The molecule has 1 aromatic heterocycles. The predicted octanol–water partition coefficient (Wildman–Crippen LogP) is 4.16. The lowest BCUT2D eigenvalue weighted by Gasteiger charge is -2.35. The minimum atomic E-state index is 0.492. The second-order valence-corrected chi connectivity index (χ2v) is 6.20. The number of aromatic nitrogens is 2. The van der Waals surface area contributed by atoms with Crippen LogP contribution in [0.2, 0.25) is 0 Å². The highest BCUT2D eigenvalue weighted by Crippen LogP contribution is 2.38. The van der Waals surface area contributed by atoms with Gasteiger partial charge in [-0.2, -0.15) is 5.10 Å². The highest BCUT2D eigenvalue weighted by Gasteiger charge is 2.30. The van der Waals surface area contributed by atoms with Gasteiger partial charge in [-0.3, -0.25) is 4.68 Å². The van der Waals surface area contributed by atoms with Crippen LogP contribution >= 0.6 is 0 Å². The Bertz CT molecular complexity index is 385. The molecule has 1 aromatic rings. The number of nitrogens with one attached hydrogen (secondary N) is 1. The number of hydrogen-bond acceptors (Lipinski definition) is 2. The number of aryl methyl sites for hydroxylation is 1. The molecule has 3 nitrogen and oxygen atoms in total. The number of hydrogen-bond donors (Lipinski definition) is 1. The Kier molecular flexibility index (Phi) is 6.08. The van der Waals surface area contributed by atoms with Crippen LogP contribution in [0.5, 0.6) is 0 Å². The van der Waals surface area contributed by atoms with Crippen LogP contribution in [-0.4, -0.2) is 16.3 Å². The average Bonchev–Trinajstić information content (AvgIpc) is 2.96. The molecule has 0 radical (unpaired) electrons. The van der Waals surface area contributed by atoms with Crippen molar-refractivity contribution in [2.75, 3.05) is 6.54 Å². The zero-order valence-corrected chi connectivity index (χ0v) is 13.4. The highest BCUT2D eigenvalue weighted by atomic mass is 15.3. The van der Waals surface area contributed by atoms with Crippen molar-refractivity contribution < 1.29 is 0 Å². The molecule has 0 aliphatic heterocycles. The lowest BCUT2D eigenvalue weighted by Crippen LogP contribution is -2.33. The van der Waals surface area contributed by atoms with Crippen LogP contribution in [0.3, 0.4) is 0 Å². The van der Waals surface area contributed by atoms with Gasteiger partial charge in [-0.1, -0.05) is 33.1 Å². The summed E-state index contributed by atoms with van der Waals surface area (Å²) in [6.45, 7) is 8.85. The van der Waals surface area contributed by atoms with Gasteiger partial charge < -0.3 is 5.32 Å². The number of rotatable bonds is 7. The first-order valence-electron chi connectivity index (χ1n) is 8.55. The molecule has 3 unspecified atom stereocenters. The normalized spacial score (nSPS) is 24.8. The standard InChI is InChI=1S/C17H31N3/c1-4-11-18-17(16-10-12-19-20(16)6-3)15-9-7-8-14(5-2)13-15/h10,12,14-15,17-18H,4-9,11,13H2,1-3H3. The van der Waals surface area contributed by atoms with Gasteiger partial charge in [0.1, 0.15) is 0 Å². The minimum absolute atomic E-state index is 0.492. The summed E-state index contributed by atoms with van der Waals surface area (Å²) >= 11 is 0. The van der Waals surface area contributed by atoms with Gasteiger partial charge >= 0.3 is 0 Å². The molecule has 2 rings (SSSR count). The van der Waals surface area contributed by atoms with Crippen LogP contribution < -0.4 is 5.32 Å². The molecule has 1 N–H and O–H groups in total. The van der Waals surface area contributed by atoms with Crippen LogP contribution in [0.4, 0.5) is 0 Å². The predicted molar refractivity (Wildman–Crippen MR) is 84.7 cm³/mol. The molecule has 114 valence electrons. The van der Waals surface area contributed by atoms with Crippen molar-refractivity contribution in [2.45, 2.75) is 71.9 Å². The smallest absolute Gasteiger partial charge is 0.0556 e. The van der Waals surface area contributed by atoms with Crippen LogP contribution in [0.15, 0.2) is 12.3 Å². The van der Waals surface area contributed by atoms with Gasteiger partial charge in [0.25, 0.3) is 0 Å². The van der Waals surface area contributed by atoms with Gasteiger partial charge in [-0.25, -0.2) is 0 Å². The highest BCUT2D eigenvalue weighted by molar-refractivity contribution is 5.09. The lowest BCUT2D eigenvalue weighted by molar-refractivity contribution is 0.203. The summed E-state index contributed by atoms with van der Waals surface area (Å²) in [5.74, 6) is 1.71. The van der Waals surface area contributed by atoms with Crippen molar-refractivity contribution in [3.8, 4) is 0 Å². The van der Waals surface area contributed by atoms with E-state index in [4.69, 9.17) is 0 Å². The van der Waals surface area contributed by atoms with Crippen molar-refractivity contribution in [2.24, 2.45) is 11.8 Å². The fraction of sp³-hybridized carbons (Fsp3) is 0.824. The molecule has 20 heavy (non-hydrogen) atoms. The number of nitrogens with zero attached hydrogens (tertiary/aromatic N) is 2. The maximum absolute atomic E-state index is 4.47. The summed E-state index contributed by atoms with van der Waals surface area (Å²) in [6.07, 6.45) is 10.1. The van der Waals surface area contributed by atoms with Crippen LogP contribution in [-0.2, 0) is 6.54 Å². The van der Waals surface area contributed by atoms with E-state index < -0.39 is 0 Å². The third kappa shape index (κ3) is 3.63. The molecule has 1 heterocycles. The molecule has 0 saturated heterocycles. The Hall–Kier alpha value is -0.830. The van der Waals surface area contributed by atoms with Crippen molar-refractivity contribution in [1.82, 2.24) is 15.1 Å². The van der Waals surface area contributed by atoms with Crippen molar-refractivity contribution in [1.29, 1.82) is 0 Å². The lowest BCUT2D eigenvalue weighted by atomic mass is 9.76. The molecule has 3 atom stereocenters. The summed E-state index contributed by atoms with van der Waals surface area (Å²) in [5, 5.41) is 8.27. The largest absolute Gasteiger partial charge is 0.308 e. The fourth-order valence-electron chi connectivity index (χ4n) is 3.69. The molecule has 1 aliphatic rings. The third-order valence-electron chi connectivity index (χ3n) is 4.85. The van der Waals surface area contributed by atoms with Gasteiger partial charge in [0, 0.05) is 12.7 Å². The maximum Gasteiger partial charge on any atom is 0.0556 e. The molecule has 1 fully saturated rings. The molecule has 3 heteroatoms. The van der Waals surface area contributed by atoms with Crippen molar-refractivity contribution in [3.63, 3.8) is 0 Å². The van der Waals surface area contributed by atoms with Crippen molar-refractivity contribution in [3.05, 3.63) is 18.0 Å². The zero-order valence-electron chi connectivity index (χ0n) is 13.4. The second kappa shape index (κ2) is 7.82. The van der Waals surface area contributed by atoms with E-state index in [2.05, 4.69) is 41.9 Å². The van der Waals surface area contributed by atoms with Crippen LogP contribution in [0.1, 0.15) is 71.0 Å². The Morgan fingerprint density at radius 3 is 2.90 bits per heavy atom. The van der Waals surface area contributed by atoms with E-state index in [9.17, 15) is 0 Å². The SMILES string of the molecule is CCCNC(c1ccnn1CC)C1CCCC(CC)C1. The van der Waals surface area contributed by atoms with Gasteiger partial charge in [0.05, 0.1) is 11.7 Å². The topological polar surface area (TPSA) is 29.9 Å². The van der Waals surface area contributed by atoms with Crippen LogP contribution in [0.25, 0.3) is 0 Å². The van der Waals surface area contributed by atoms with E-state index in [1.807, 2.05) is 6.20 Å². The van der Waals surface area contributed by atoms with E-state index in [1.165, 1.54) is 44.2 Å². The first-order chi connectivity index (χ1) is 9.80. The van der Waals surface area contributed by atoms with Gasteiger partial charge in [-0.05, 0) is 50.6 Å².